The predicted molar refractivity (Wildman–Crippen MR) is 99.7 cm³/mol. The van der Waals surface area contributed by atoms with Crippen LogP contribution in [0.15, 0.2) is 48.5 Å². The maximum absolute atomic E-state index is 13.5. The monoisotopic (exact) mass is 382 g/mol. The normalized spacial score (nSPS) is 10.9. The van der Waals surface area contributed by atoms with Crippen molar-refractivity contribution in [3.63, 3.8) is 0 Å². The van der Waals surface area contributed by atoms with Gasteiger partial charge in [0.05, 0.1) is 11.1 Å². The van der Waals surface area contributed by atoms with Gasteiger partial charge in [0.25, 0.3) is 5.91 Å². The van der Waals surface area contributed by atoms with Crippen LogP contribution in [-0.2, 0) is 0 Å². The van der Waals surface area contributed by atoms with Gasteiger partial charge < -0.3 is 0 Å². The standard InChI is InChI=1S/C19H12F2N4OS/c1-10-8-15(14-7-6-13(21)9-16(14)22-10)18(26)24-19-23-17(25-27-19)11-2-4-12(20)5-3-11/h2-9H,1H3,(H,23,24,25,26). The van der Waals surface area contributed by atoms with E-state index in [9.17, 15) is 13.6 Å². The highest BCUT2D eigenvalue weighted by Gasteiger charge is 2.15. The fourth-order valence-corrected chi connectivity index (χ4v) is 3.26. The van der Waals surface area contributed by atoms with Gasteiger partial charge in [0, 0.05) is 34.2 Å². The van der Waals surface area contributed by atoms with Crippen LogP contribution in [-0.4, -0.2) is 20.2 Å². The summed E-state index contributed by atoms with van der Waals surface area (Å²) in [7, 11) is 0. The summed E-state index contributed by atoms with van der Waals surface area (Å²) in [5.41, 5.74) is 2.02. The smallest absolute Gasteiger partial charge is 0.258 e. The van der Waals surface area contributed by atoms with Crippen molar-refractivity contribution in [1.29, 1.82) is 0 Å². The molecule has 0 spiro atoms. The first kappa shape index (κ1) is 17.2. The van der Waals surface area contributed by atoms with E-state index < -0.39 is 5.82 Å². The Kier molecular flexibility index (Phi) is 4.33. The number of pyridine rings is 1. The zero-order chi connectivity index (χ0) is 19.0. The van der Waals surface area contributed by atoms with Crippen LogP contribution in [0.25, 0.3) is 22.3 Å². The van der Waals surface area contributed by atoms with E-state index in [4.69, 9.17) is 0 Å². The highest BCUT2D eigenvalue weighted by atomic mass is 32.1. The summed E-state index contributed by atoms with van der Waals surface area (Å²) in [6.07, 6.45) is 0. The molecule has 134 valence electrons. The topological polar surface area (TPSA) is 67.8 Å². The number of carbonyl (C=O) groups is 1. The van der Waals surface area contributed by atoms with Crippen molar-refractivity contribution in [1.82, 2.24) is 14.3 Å². The van der Waals surface area contributed by atoms with Crippen molar-refractivity contribution < 1.29 is 13.6 Å². The summed E-state index contributed by atoms with van der Waals surface area (Å²) in [6, 6.07) is 11.5. The number of hydrogen-bond acceptors (Lipinski definition) is 5. The van der Waals surface area contributed by atoms with E-state index >= 15 is 0 Å². The first-order chi connectivity index (χ1) is 13.0. The second-order valence-electron chi connectivity index (χ2n) is 5.86. The third-order valence-electron chi connectivity index (χ3n) is 3.89. The van der Waals surface area contributed by atoms with Crippen molar-refractivity contribution in [2.75, 3.05) is 5.32 Å². The lowest BCUT2D eigenvalue weighted by molar-refractivity contribution is 0.102. The van der Waals surface area contributed by atoms with Gasteiger partial charge in [-0.1, -0.05) is 0 Å². The van der Waals surface area contributed by atoms with Gasteiger partial charge in [-0.15, -0.1) is 0 Å². The second-order valence-corrected chi connectivity index (χ2v) is 6.61. The zero-order valence-electron chi connectivity index (χ0n) is 14.0. The minimum Gasteiger partial charge on any atom is -0.297 e. The van der Waals surface area contributed by atoms with Crippen LogP contribution in [0.4, 0.5) is 13.9 Å². The molecule has 8 heteroatoms. The maximum Gasteiger partial charge on any atom is 0.258 e. The van der Waals surface area contributed by atoms with E-state index in [2.05, 4.69) is 19.7 Å². The molecule has 0 fully saturated rings. The first-order valence-electron chi connectivity index (χ1n) is 7.97. The molecule has 5 nitrogen and oxygen atoms in total. The number of anilines is 1. The Morgan fingerprint density at radius 1 is 1.00 bits per heavy atom. The van der Waals surface area contributed by atoms with E-state index in [1.54, 1.807) is 25.1 Å². The summed E-state index contributed by atoms with van der Waals surface area (Å²) in [5.74, 6) is -0.758. The Hall–Kier alpha value is -3.26. The van der Waals surface area contributed by atoms with Gasteiger partial charge >= 0.3 is 0 Å². The molecule has 4 rings (SSSR count). The van der Waals surface area contributed by atoms with Crippen molar-refractivity contribution in [2.24, 2.45) is 0 Å². The number of nitrogens with zero attached hydrogens (tertiary/aromatic N) is 3. The van der Waals surface area contributed by atoms with Gasteiger partial charge in [0.2, 0.25) is 5.13 Å². The van der Waals surface area contributed by atoms with Crippen LogP contribution in [0.3, 0.4) is 0 Å². The summed E-state index contributed by atoms with van der Waals surface area (Å²) >= 11 is 1.02. The number of aryl methyl sites for hydroxylation is 1. The lowest BCUT2D eigenvalue weighted by Gasteiger charge is -2.07. The van der Waals surface area contributed by atoms with E-state index in [0.29, 0.717) is 38.7 Å². The molecule has 0 radical (unpaired) electrons. The number of rotatable bonds is 3. The van der Waals surface area contributed by atoms with Gasteiger partial charge in [-0.3, -0.25) is 15.1 Å². The highest BCUT2D eigenvalue weighted by molar-refractivity contribution is 7.10. The molecule has 0 aliphatic heterocycles. The van der Waals surface area contributed by atoms with Gasteiger partial charge in [-0.25, -0.2) is 8.78 Å². The molecule has 1 amide bonds. The van der Waals surface area contributed by atoms with Crippen molar-refractivity contribution in [2.45, 2.75) is 6.92 Å². The molecule has 0 aliphatic rings. The average molecular weight is 382 g/mol. The number of aromatic nitrogens is 3. The van der Waals surface area contributed by atoms with Crippen molar-refractivity contribution >= 4 is 33.5 Å². The fourth-order valence-electron chi connectivity index (χ4n) is 2.68. The Morgan fingerprint density at radius 2 is 1.74 bits per heavy atom. The molecule has 0 saturated heterocycles. The molecule has 27 heavy (non-hydrogen) atoms. The SMILES string of the molecule is Cc1cc(C(=O)Nc2nc(-c3ccc(F)cc3)ns2)c2ccc(F)cc2n1. The van der Waals surface area contributed by atoms with Crippen LogP contribution in [0.2, 0.25) is 0 Å². The first-order valence-corrected chi connectivity index (χ1v) is 8.75. The van der Waals surface area contributed by atoms with E-state index in [-0.39, 0.29) is 11.7 Å². The molecule has 2 heterocycles. The van der Waals surface area contributed by atoms with Crippen molar-refractivity contribution in [3.05, 3.63) is 71.4 Å². The lowest BCUT2D eigenvalue weighted by atomic mass is 10.1. The summed E-state index contributed by atoms with van der Waals surface area (Å²) < 4.78 is 30.7. The molecule has 0 bridgehead atoms. The number of hydrogen-bond donors (Lipinski definition) is 1. The average Bonchev–Trinajstić information content (AvgIpc) is 3.09. The number of nitrogens with one attached hydrogen (secondary N) is 1. The second kappa shape index (κ2) is 6.81. The van der Waals surface area contributed by atoms with E-state index in [1.165, 1.54) is 30.3 Å². The van der Waals surface area contributed by atoms with Crippen LogP contribution in [0.5, 0.6) is 0 Å². The third kappa shape index (κ3) is 3.52. The molecule has 4 aromatic rings. The molecular weight excluding hydrogens is 370 g/mol. The molecule has 1 N–H and O–H groups in total. The van der Waals surface area contributed by atoms with Crippen LogP contribution in [0.1, 0.15) is 16.1 Å². The molecule has 0 unspecified atom stereocenters. The lowest BCUT2D eigenvalue weighted by Crippen LogP contribution is -2.13. The predicted octanol–water partition coefficient (Wildman–Crippen LogP) is 4.59. The number of carbonyl (C=O) groups excluding carboxylic acids is 1. The van der Waals surface area contributed by atoms with E-state index in [0.717, 1.165) is 11.5 Å². The van der Waals surface area contributed by atoms with Crippen LogP contribution >= 0.6 is 11.5 Å². The van der Waals surface area contributed by atoms with Gasteiger partial charge in [-0.2, -0.15) is 9.36 Å². The van der Waals surface area contributed by atoms with E-state index in [1.807, 2.05) is 0 Å². The zero-order valence-corrected chi connectivity index (χ0v) is 14.8. The van der Waals surface area contributed by atoms with Gasteiger partial charge in [0.1, 0.15) is 11.6 Å². The molecule has 0 saturated carbocycles. The molecule has 2 aromatic carbocycles. The Balaban J connectivity index is 1.63. The minimum atomic E-state index is -0.417. The minimum absolute atomic E-state index is 0.309. The number of fused-ring (bicyclic) bond motifs is 1. The molecule has 0 aliphatic carbocycles. The summed E-state index contributed by atoms with van der Waals surface area (Å²) in [4.78, 5) is 21.2. The summed E-state index contributed by atoms with van der Waals surface area (Å²) in [6.45, 7) is 1.73. The maximum atomic E-state index is 13.5. The number of benzene rings is 2. The van der Waals surface area contributed by atoms with Crippen molar-refractivity contribution in [3.8, 4) is 11.4 Å². The number of amides is 1. The molecular formula is C19H12F2N4OS. The van der Waals surface area contributed by atoms with Gasteiger partial charge in [-0.05, 0) is 49.4 Å². The Bertz CT molecular complexity index is 1150. The Morgan fingerprint density at radius 3 is 2.52 bits per heavy atom. The van der Waals surface area contributed by atoms with Crippen LogP contribution < -0.4 is 5.32 Å². The molecule has 2 aromatic heterocycles. The fraction of sp³-hybridized carbons (Fsp3) is 0.0526. The number of halogens is 2. The van der Waals surface area contributed by atoms with Crippen LogP contribution in [0, 0.1) is 18.6 Å². The van der Waals surface area contributed by atoms with Gasteiger partial charge in [0.15, 0.2) is 5.82 Å². The molecule has 0 atom stereocenters. The highest BCUT2D eigenvalue weighted by Crippen LogP contribution is 2.24. The Labute approximate surface area is 156 Å². The quantitative estimate of drug-likeness (QED) is 0.563. The largest absolute Gasteiger partial charge is 0.297 e. The third-order valence-corrected chi connectivity index (χ3v) is 4.52. The summed E-state index contributed by atoms with van der Waals surface area (Å²) in [5, 5.41) is 3.56.